The molecule has 2 N–H and O–H groups in total. The summed E-state index contributed by atoms with van der Waals surface area (Å²) in [6, 6.07) is 0. The molecule has 1 aromatic rings. The maximum Gasteiger partial charge on any atom is 0.151 e. The van der Waals surface area contributed by atoms with Crippen LogP contribution in [-0.4, -0.2) is 30.5 Å². The van der Waals surface area contributed by atoms with E-state index >= 15 is 0 Å². The predicted molar refractivity (Wildman–Crippen MR) is 101 cm³/mol. The molecule has 0 aromatic carbocycles. The summed E-state index contributed by atoms with van der Waals surface area (Å²) in [4.78, 5) is 11.0. The number of aliphatic imine (C=N–C) groups is 1. The first-order valence-electron chi connectivity index (χ1n) is 7.69. The van der Waals surface area contributed by atoms with E-state index in [4.69, 9.17) is 5.73 Å². The molecule has 1 aromatic heterocycles. The lowest BCUT2D eigenvalue weighted by atomic mass is 9.94. The smallest absolute Gasteiger partial charge is 0.151 e. The molecule has 0 saturated carbocycles. The molecule has 0 spiro atoms. The van der Waals surface area contributed by atoms with Crippen molar-refractivity contribution in [1.82, 2.24) is 4.98 Å². The zero-order valence-electron chi connectivity index (χ0n) is 13.8. The Morgan fingerprint density at radius 3 is 2.77 bits per heavy atom. The van der Waals surface area contributed by atoms with Gasteiger partial charge in [0.15, 0.2) is 5.82 Å². The van der Waals surface area contributed by atoms with Crippen LogP contribution in [0.3, 0.4) is 0 Å². The second-order valence-corrected chi connectivity index (χ2v) is 7.31. The van der Waals surface area contributed by atoms with Gasteiger partial charge in [-0.1, -0.05) is 32.9 Å². The summed E-state index contributed by atoms with van der Waals surface area (Å²) in [6.07, 6.45) is 6.26. The molecule has 1 aliphatic carbocycles. The van der Waals surface area contributed by atoms with Crippen molar-refractivity contribution < 1.29 is 0 Å². The number of nitrogens with two attached hydrogens (primary N) is 1. The second-order valence-electron chi connectivity index (χ2n) is 6.86. The number of nitrogens with zero attached hydrogens (tertiary/aromatic N) is 3. The van der Waals surface area contributed by atoms with Crippen LogP contribution in [0.1, 0.15) is 38.4 Å². The van der Waals surface area contributed by atoms with Crippen molar-refractivity contribution in [3.8, 4) is 0 Å². The van der Waals surface area contributed by atoms with Gasteiger partial charge in [-0.25, -0.2) is 4.98 Å². The van der Waals surface area contributed by atoms with Gasteiger partial charge in [-0.3, -0.25) is 4.99 Å². The second kappa shape index (κ2) is 6.73. The summed E-state index contributed by atoms with van der Waals surface area (Å²) < 4.78 is 0. The number of pyridine rings is 1. The van der Waals surface area contributed by atoms with Gasteiger partial charge in [0.2, 0.25) is 0 Å². The number of hydrogen-bond donors (Lipinski definition) is 2. The fraction of sp³-hybridized carbons (Fsp3) is 0.529. The molecule has 0 radical (unpaired) electrons. The molecular weight excluding hydrogens is 292 g/mol. The molecule has 0 aliphatic heterocycles. The van der Waals surface area contributed by atoms with E-state index < -0.39 is 0 Å². The lowest BCUT2D eigenvalue weighted by Crippen LogP contribution is -2.35. The Hall–Kier alpha value is -1.49. The standard InChI is InChI=1S/C17H26N4S/c1-17(2,3)11-21(9-10-22)15-12-7-5-6-8-13(12)20-16(18)14(15)19-4/h5,7,22H,4,6,8-11H2,1-3H3,(H2,18,20). The van der Waals surface area contributed by atoms with Crippen LogP contribution in [0.2, 0.25) is 0 Å². The van der Waals surface area contributed by atoms with Gasteiger partial charge in [-0.2, -0.15) is 12.6 Å². The van der Waals surface area contributed by atoms with Gasteiger partial charge in [-0.15, -0.1) is 0 Å². The number of rotatable bonds is 5. The van der Waals surface area contributed by atoms with Crippen molar-refractivity contribution in [2.45, 2.75) is 33.6 Å². The summed E-state index contributed by atoms with van der Waals surface area (Å²) in [7, 11) is 0. The van der Waals surface area contributed by atoms with Crippen molar-refractivity contribution in [1.29, 1.82) is 0 Å². The quantitative estimate of drug-likeness (QED) is 0.642. The van der Waals surface area contributed by atoms with E-state index in [9.17, 15) is 0 Å². The Labute approximate surface area is 138 Å². The maximum absolute atomic E-state index is 6.14. The molecule has 0 fully saturated rings. The number of aromatic nitrogens is 1. The number of fused-ring (bicyclic) bond motifs is 1. The van der Waals surface area contributed by atoms with Crippen LogP contribution in [0.5, 0.6) is 0 Å². The lowest BCUT2D eigenvalue weighted by molar-refractivity contribution is 0.413. The zero-order chi connectivity index (χ0) is 16.3. The van der Waals surface area contributed by atoms with Crippen LogP contribution in [-0.2, 0) is 6.42 Å². The molecule has 1 heterocycles. The number of thiol groups is 1. The van der Waals surface area contributed by atoms with E-state index in [1.165, 1.54) is 0 Å². The highest BCUT2D eigenvalue weighted by Crippen LogP contribution is 2.41. The normalized spacial score (nSPS) is 13.8. The first-order chi connectivity index (χ1) is 10.4. The van der Waals surface area contributed by atoms with Gasteiger partial charge >= 0.3 is 0 Å². The highest BCUT2D eigenvalue weighted by Gasteiger charge is 2.25. The Balaban J connectivity index is 2.61. The summed E-state index contributed by atoms with van der Waals surface area (Å²) >= 11 is 4.42. The van der Waals surface area contributed by atoms with E-state index in [0.29, 0.717) is 11.5 Å². The van der Waals surface area contributed by atoms with Crippen LogP contribution < -0.4 is 10.6 Å². The summed E-state index contributed by atoms with van der Waals surface area (Å²) in [6.45, 7) is 12.1. The molecular formula is C17H26N4S. The molecule has 4 nitrogen and oxygen atoms in total. The Morgan fingerprint density at radius 2 is 2.18 bits per heavy atom. The predicted octanol–water partition coefficient (Wildman–Crippen LogP) is 3.74. The topological polar surface area (TPSA) is 54.5 Å². The number of anilines is 2. The fourth-order valence-corrected chi connectivity index (χ4v) is 3.11. The number of nitrogen functional groups attached to an aromatic ring is 1. The van der Waals surface area contributed by atoms with Crippen LogP contribution in [0.4, 0.5) is 17.2 Å². The first kappa shape index (κ1) is 16.9. The molecule has 0 atom stereocenters. The SMILES string of the molecule is C=Nc1c(N)nc2c(c1N(CCS)CC(C)(C)C)C=CCC2. The summed E-state index contributed by atoms with van der Waals surface area (Å²) in [5, 5.41) is 0. The Bertz CT molecular complexity index is 587. The summed E-state index contributed by atoms with van der Waals surface area (Å²) in [5.74, 6) is 1.24. The maximum atomic E-state index is 6.14. The van der Waals surface area contributed by atoms with E-state index in [1.807, 2.05) is 0 Å². The average molecular weight is 318 g/mol. The third-order valence-electron chi connectivity index (χ3n) is 3.63. The largest absolute Gasteiger partial charge is 0.382 e. The zero-order valence-corrected chi connectivity index (χ0v) is 14.7. The Morgan fingerprint density at radius 1 is 1.45 bits per heavy atom. The molecule has 5 heteroatoms. The minimum absolute atomic E-state index is 0.157. The Kier molecular flexibility index (Phi) is 5.16. The highest BCUT2D eigenvalue weighted by atomic mass is 32.1. The summed E-state index contributed by atoms with van der Waals surface area (Å²) in [5.41, 5.74) is 10.2. The van der Waals surface area contributed by atoms with Gasteiger partial charge in [-0.05, 0) is 25.0 Å². The molecule has 1 aliphatic rings. The van der Waals surface area contributed by atoms with Gasteiger partial charge in [0.05, 0.1) is 11.4 Å². The van der Waals surface area contributed by atoms with Gasteiger partial charge in [0, 0.05) is 24.4 Å². The number of aryl methyl sites for hydroxylation is 1. The third-order valence-corrected chi connectivity index (χ3v) is 3.83. The lowest BCUT2D eigenvalue weighted by Gasteiger charge is -2.34. The molecule has 22 heavy (non-hydrogen) atoms. The van der Waals surface area contributed by atoms with Crippen molar-refractivity contribution in [2.75, 3.05) is 29.5 Å². The minimum Gasteiger partial charge on any atom is -0.382 e. The van der Waals surface area contributed by atoms with Crippen molar-refractivity contribution in [2.24, 2.45) is 10.4 Å². The van der Waals surface area contributed by atoms with Gasteiger partial charge in [0.25, 0.3) is 0 Å². The van der Waals surface area contributed by atoms with Gasteiger partial charge in [0.1, 0.15) is 5.69 Å². The average Bonchev–Trinajstić information content (AvgIpc) is 2.44. The van der Waals surface area contributed by atoms with Crippen LogP contribution in [0.15, 0.2) is 11.1 Å². The van der Waals surface area contributed by atoms with E-state index in [2.05, 4.69) is 67.1 Å². The fourth-order valence-electron chi connectivity index (χ4n) is 2.87. The molecule has 120 valence electrons. The van der Waals surface area contributed by atoms with Crippen molar-refractivity contribution >= 4 is 42.6 Å². The molecule has 0 unspecified atom stereocenters. The van der Waals surface area contributed by atoms with Crippen molar-refractivity contribution in [3.05, 3.63) is 17.3 Å². The van der Waals surface area contributed by atoms with E-state index in [0.717, 1.165) is 48.6 Å². The third kappa shape index (κ3) is 3.64. The first-order valence-corrected chi connectivity index (χ1v) is 8.32. The monoisotopic (exact) mass is 318 g/mol. The van der Waals surface area contributed by atoms with E-state index in [1.54, 1.807) is 0 Å². The molecule has 0 amide bonds. The molecule has 0 bridgehead atoms. The highest BCUT2D eigenvalue weighted by molar-refractivity contribution is 7.80. The number of hydrogen-bond acceptors (Lipinski definition) is 5. The molecule has 0 saturated heterocycles. The number of allylic oxidation sites excluding steroid dienone is 1. The van der Waals surface area contributed by atoms with E-state index in [-0.39, 0.29) is 5.41 Å². The van der Waals surface area contributed by atoms with Crippen LogP contribution >= 0.6 is 12.6 Å². The van der Waals surface area contributed by atoms with Crippen molar-refractivity contribution in [3.63, 3.8) is 0 Å². The minimum atomic E-state index is 0.157. The van der Waals surface area contributed by atoms with Gasteiger partial charge < -0.3 is 10.6 Å². The van der Waals surface area contributed by atoms with Crippen LogP contribution in [0, 0.1) is 5.41 Å². The molecule has 2 rings (SSSR count). The van der Waals surface area contributed by atoms with Crippen LogP contribution in [0.25, 0.3) is 6.08 Å².